The number of nitrogens with two attached hydrogens (primary N) is 1. The first-order chi connectivity index (χ1) is 8.58. The molecule has 0 aliphatic carbocycles. The zero-order valence-corrected chi connectivity index (χ0v) is 10.7. The number of halogens is 1. The minimum absolute atomic E-state index is 0.156. The van der Waals surface area contributed by atoms with Gasteiger partial charge in [0.05, 0.1) is 10.6 Å². The molecule has 0 atom stereocenters. The Labute approximate surface area is 113 Å². The molecule has 0 saturated heterocycles. The van der Waals surface area contributed by atoms with Gasteiger partial charge in [-0.3, -0.25) is 0 Å². The van der Waals surface area contributed by atoms with Crippen molar-refractivity contribution in [2.75, 3.05) is 5.73 Å². The van der Waals surface area contributed by atoms with E-state index in [-0.39, 0.29) is 5.56 Å². The third-order valence-corrected chi connectivity index (χ3v) is 3.72. The van der Waals surface area contributed by atoms with E-state index in [2.05, 4.69) is 4.98 Å². The highest BCUT2D eigenvalue weighted by atomic mass is 35.5. The highest BCUT2D eigenvalue weighted by Crippen LogP contribution is 2.34. The fourth-order valence-electron chi connectivity index (χ4n) is 1.32. The number of carbonyl (C=O) groups is 1. The SMILES string of the molecule is Nc1cc(C(=O)O)ccc1Sc1ncccc1Cl. The minimum atomic E-state index is -1.01. The summed E-state index contributed by atoms with van der Waals surface area (Å²) in [6, 6.07) is 8.04. The van der Waals surface area contributed by atoms with Crippen molar-refractivity contribution >= 4 is 35.0 Å². The molecule has 0 saturated carbocycles. The number of pyridine rings is 1. The first-order valence-electron chi connectivity index (χ1n) is 4.99. The van der Waals surface area contributed by atoms with Crippen molar-refractivity contribution in [2.24, 2.45) is 0 Å². The zero-order chi connectivity index (χ0) is 13.1. The van der Waals surface area contributed by atoms with Crippen molar-refractivity contribution in [3.8, 4) is 0 Å². The van der Waals surface area contributed by atoms with Crippen LogP contribution in [-0.4, -0.2) is 16.1 Å². The van der Waals surface area contributed by atoms with Gasteiger partial charge in [-0.25, -0.2) is 9.78 Å². The minimum Gasteiger partial charge on any atom is -0.478 e. The van der Waals surface area contributed by atoms with Crippen molar-refractivity contribution in [3.63, 3.8) is 0 Å². The number of hydrogen-bond acceptors (Lipinski definition) is 4. The van der Waals surface area contributed by atoms with E-state index in [1.165, 1.54) is 23.9 Å². The van der Waals surface area contributed by atoms with Crippen LogP contribution in [0.4, 0.5) is 5.69 Å². The van der Waals surface area contributed by atoms with Gasteiger partial charge in [-0.15, -0.1) is 0 Å². The fraction of sp³-hybridized carbons (Fsp3) is 0. The predicted molar refractivity (Wildman–Crippen MR) is 71.2 cm³/mol. The summed E-state index contributed by atoms with van der Waals surface area (Å²) in [5.74, 6) is -1.01. The quantitative estimate of drug-likeness (QED) is 0.845. The van der Waals surface area contributed by atoms with E-state index in [1.807, 2.05) is 0 Å². The number of benzene rings is 1. The summed E-state index contributed by atoms with van der Waals surface area (Å²) < 4.78 is 0. The molecule has 0 fully saturated rings. The molecule has 0 bridgehead atoms. The third kappa shape index (κ3) is 2.75. The highest BCUT2D eigenvalue weighted by Gasteiger charge is 2.09. The molecule has 0 aliphatic heterocycles. The van der Waals surface area contributed by atoms with E-state index in [0.717, 1.165) is 4.90 Å². The molecule has 1 aromatic carbocycles. The Morgan fingerprint density at radius 2 is 2.17 bits per heavy atom. The second-order valence-electron chi connectivity index (χ2n) is 3.45. The van der Waals surface area contributed by atoms with Crippen LogP contribution in [0.3, 0.4) is 0 Å². The Morgan fingerprint density at radius 1 is 1.39 bits per heavy atom. The summed E-state index contributed by atoms with van der Waals surface area (Å²) >= 11 is 7.29. The molecule has 92 valence electrons. The van der Waals surface area contributed by atoms with Crippen LogP contribution in [0.25, 0.3) is 0 Å². The summed E-state index contributed by atoms with van der Waals surface area (Å²) in [5, 5.41) is 10.0. The number of nitrogen functional groups attached to an aromatic ring is 1. The summed E-state index contributed by atoms with van der Waals surface area (Å²) in [6.07, 6.45) is 1.63. The average molecular weight is 281 g/mol. The molecule has 2 aromatic rings. The molecule has 4 nitrogen and oxygen atoms in total. The van der Waals surface area contributed by atoms with E-state index < -0.39 is 5.97 Å². The van der Waals surface area contributed by atoms with Crippen LogP contribution in [0, 0.1) is 0 Å². The van der Waals surface area contributed by atoms with E-state index in [1.54, 1.807) is 24.4 Å². The Morgan fingerprint density at radius 3 is 2.78 bits per heavy atom. The maximum Gasteiger partial charge on any atom is 0.335 e. The second-order valence-corrected chi connectivity index (χ2v) is 4.89. The molecule has 0 unspecified atom stereocenters. The zero-order valence-electron chi connectivity index (χ0n) is 9.13. The maximum atomic E-state index is 10.8. The first kappa shape index (κ1) is 12.7. The molecule has 6 heteroatoms. The number of aromatic carboxylic acids is 1. The van der Waals surface area contributed by atoms with Gasteiger partial charge in [-0.2, -0.15) is 0 Å². The predicted octanol–water partition coefficient (Wildman–Crippen LogP) is 3.17. The smallest absolute Gasteiger partial charge is 0.335 e. The van der Waals surface area contributed by atoms with Crippen molar-refractivity contribution in [1.29, 1.82) is 0 Å². The Bertz CT molecular complexity index is 604. The van der Waals surface area contributed by atoms with Gasteiger partial charge in [0.25, 0.3) is 0 Å². The molecule has 0 amide bonds. The highest BCUT2D eigenvalue weighted by molar-refractivity contribution is 7.99. The van der Waals surface area contributed by atoms with Gasteiger partial charge in [0.15, 0.2) is 0 Å². The number of hydrogen-bond donors (Lipinski definition) is 2. The van der Waals surface area contributed by atoms with Crippen molar-refractivity contribution in [1.82, 2.24) is 4.98 Å². The van der Waals surface area contributed by atoms with Crippen LogP contribution in [0.5, 0.6) is 0 Å². The van der Waals surface area contributed by atoms with Crippen molar-refractivity contribution in [2.45, 2.75) is 9.92 Å². The van der Waals surface area contributed by atoms with E-state index in [4.69, 9.17) is 22.4 Å². The summed E-state index contributed by atoms with van der Waals surface area (Å²) in [7, 11) is 0. The standard InChI is InChI=1S/C12H9ClN2O2S/c13-8-2-1-5-15-11(8)18-10-4-3-7(12(16)17)6-9(10)14/h1-6H,14H2,(H,16,17). The van der Waals surface area contributed by atoms with Crippen LogP contribution >= 0.6 is 23.4 Å². The van der Waals surface area contributed by atoms with Gasteiger partial charge in [-0.05, 0) is 30.3 Å². The number of aromatic nitrogens is 1. The van der Waals surface area contributed by atoms with Crippen LogP contribution < -0.4 is 5.73 Å². The molecule has 1 heterocycles. The summed E-state index contributed by atoms with van der Waals surface area (Å²) in [4.78, 5) is 15.6. The molecule has 0 spiro atoms. The summed E-state index contributed by atoms with van der Waals surface area (Å²) in [5.41, 5.74) is 6.35. The summed E-state index contributed by atoms with van der Waals surface area (Å²) in [6.45, 7) is 0. The molecule has 0 radical (unpaired) electrons. The lowest BCUT2D eigenvalue weighted by molar-refractivity contribution is 0.0697. The lowest BCUT2D eigenvalue weighted by atomic mass is 10.2. The lowest BCUT2D eigenvalue weighted by Crippen LogP contribution is -1.98. The average Bonchev–Trinajstić information content (AvgIpc) is 2.34. The van der Waals surface area contributed by atoms with Crippen LogP contribution in [0.1, 0.15) is 10.4 Å². The van der Waals surface area contributed by atoms with Gasteiger partial charge in [0.1, 0.15) is 5.03 Å². The number of rotatable bonds is 3. The Balaban J connectivity index is 2.30. The number of carboxylic acid groups (broad SMARTS) is 1. The van der Waals surface area contributed by atoms with Crippen LogP contribution in [0.15, 0.2) is 46.5 Å². The third-order valence-electron chi connectivity index (χ3n) is 2.19. The first-order valence-corrected chi connectivity index (χ1v) is 6.18. The normalized spacial score (nSPS) is 10.3. The molecule has 0 aliphatic rings. The van der Waals surface area contributed by atoms with Gasteiger partial charge in [0.2, 0.25) is 0 Å². The lowest BCUT2D eigenvalue weighted by Gasteiger charge is -2.06. The van der Waals surface area contributed by atoms with Gasteiger partial charge in [0, 0.05) is 16.8 Å². The molecule has 2 rings (SSSR count). The van der Waals surface area contributed by atoms with Crippen LogP contribution in [0.2, 0.25) is 5.02 Å². The van der Waals surface area contributed by atoms with E-state index in [0.29, 0.717) is 15.7 Å². The Hall–Kier alpha value is -1.72. The second kappa shape index (κ2) is 5.29. The molecular formula is C12H9ClN2O2S. The van der Waals surface area contributed by atoms with Crippen molar-refractivity contribution < 1.29 is 9.90 Å². The molecule has 1 aromatic heterocycles. The van der Waals surface area contributed by atoms with Gasteiger partial charge >= 0.3 is 5.97 Å². The topological polar surface area (TPSA) is 76.2 Å². The van der Waals surface area contributed by atoms with Gasteiger partial charge < -0.3 is 10.8 Å². The van der Waals surface area contributed by atoms with E-state index >= 15 is 0 Å². The fourth-order valence-corrected chi connectivity index (χ4v) is 2.36. The maximum absolute atomic E-state index is 10.8. The molecular weight excluding hydrogens is 272 g/mol. The monoisotopic (exact) mass is 280 g/mol. The largest absolute Gasteiger partial charge is 0.478 e. The Kier molecular flexibility index (Phi) is 3.74. The van der Waals surface area contributed by atoms with E-state index in [9.17, 15) is 4.79 Å². The number of anilines is 1. The van der Waals surface area contributed by atoms with Crippen LogP contribution in [-0.2, 0) is 0 Å². The number of nitrogens with zero attached hydrogens (tertiary/aromatic N) is 1. The molecule has 18 heavy (non-hydrogen) atoms. The van der Waals surface area contributed by atoms with Crippen molar-refractivity contribution in [3.05, 3.63) is 47.1 Å². The molecule has 3 N–H and O–H groups in total. The number of carboxylic acids is 1. The van der Waals surface area contributed by atoms with Gasteiger partial charge in [-0.1, -0.05) is 23.4 Å².